The highest BCUT2D eigenvalue weighted by molar-refractivity contribution is 6.30. The number of benzene rings is 2. The zero-order chi connectivity index (χ0) is 20.1. The molecule has 0 aromatic heterocycles. The van der Waals surface area contributed by atoms with Crippen LogP contribution in [0.4, 0.5) is 4.39 Å². The second kappa shape index (κ2) is 8.95. The van der Waals surface area contributed by atoms with E-state index in [1.807, 2.05) is 0 Å². The van der Waals surface area contributed by atoms with Gasteiger partial charge in [0.15, 0.2) is 11.6 Å². The largest absolute Gasteiger partial charge is 0.382 e. The van der Waals surface area contributed by atoms with E-state index in [0.717, 1.165) is 6.54 Å². The molecule has 2 aromatic carbocycles. The first-order valence-corrected chi connectivity index (χ1v) is 9.79. The van der Waals surface area contributed by atoms with E-state index in [1.54, 1.807) is 24.3 Å². The molecule has 1 aliphatic rings. The normalized spacial score (nSPS) is 16.7. The molecule has 1 N–H and O–H groups in total. The fraction of sp³-hybridized carbons (Fsp3) is 0.364. The maximum atomic E-state index is 12.9. The number of Topliss-reactive ketones (excluding diaryl/α,β-unsaturated/α-hetero) is 2. The summed E-state index contributed by atoms with van der Waals surface area (Å²) in [6.45, 7) is 1.92. The van der Waals surface area contributed by atoms with E-state index < -0.39 is 5.60 Å². The number of hydrogen-bond donors (Lipinski definition) is 1. The minimum absolute atomic E-state index is 0.00793. The van der Waals surface area contributed by atoms with Crippen molar-refractivity contribution in [1.29, 1.82) is 0 Å². The second-order valence-corrected chi connectivity index (χ2v) is 7.68. The topological polar surface area (TPSA) is 57.6 Å². The van der Waals surface area contributed by atoms with Gasteiger partial charge in [-0.3, -0.25) is 9.59 Å². The van der Waals surface area contributed by atoms with Crippen molar-refractivity contribution in [2.45, 2.75) is 31.3 Å². The van der Waals surface area contributed by atoms with Crippen LogP contribution in [0.1, 0.15) is 46.4 Å². The Morgan fingerprint density at radius 3 is 2.18 bits per heavy atom. The molecule has 1 saturated heterocycles. The Morgan fingerprint density at radius 2 is 1.57 bits per heavy atom. The number of aliphatic hydroxyl groups is 1. The van der Waals surface area contributed by atoms with E-state index in [0.29, 0.717) is 54.9 Å². The van der Waals surface area contributed by atoms with E-state index in [9.17, 15) is 19.1 Å². The highest BCUT2D eigenvalue weighted by Crippen LogP contribution is 2.27. The van der Waals surface area contributed by atoms with E-state index in [-0.39, 0.29) is 17.4 Å². The lowest BCUT2D eigenvalue weighted by atomic mass is 9.84. The summed E-state index contributed by atoms with van der Waals surface area (Å²) in [5.41, 5.74) is -0.373. The Labute approximate surface area is 168 Å². The fourth-order valence-corrected chi connectivity index (χ4v) is 3.61. The van der Waals surface area contributed by atoms with Crippen molar-refractivity contribution in [3.05, 3.63) is 70.5 Å². The third kappa shape index (κ3) is 5.04. The van der Waals surface area contributed by atoms with Gasteiger partial charge in [-0.25, -0.2) is 4.39 Å². The van der Waals surface area contributed by atoms with E-state index >= 15 is 0 Å². The van der Waals surface area contributed by atoms with Gasteiger partial charge < -0.3 is 10.0 Å². The molecule has 0 atom stereocenters. The van der Waals surface area contributed by atoms with Gasteiger partial charge in [0.1, 0.15) is 11.4 Å². The standard InChI is InChI=1S/C22H23ClFNO3/c23-18-7-3-17(4-8-18)21(27)22(28)11-14-25(15-12-22)13-1-2-20(26)16-5-9-19(24)10-6-16/h3-10,28H,1-2,11-15H2. The summed E-state index contributed by atoms with van der Waals surface area (Å²) in [5, 5.41) is 11.3. The van der Waals surface area contributed by atoms with E-state index in [4.69, 9.17) is 11.6 Å². The van der Waals surface area contributed by atoms with Gasteiger partial charge >= 0.3 is 0 Å². The van der Waals surface area contributed by atoms with E-state index in [1.165, 1.54) is 24.3 Å². The van der Waals surface area contributed by atoms with Gasteiger partial charge in [0.2, 0.25) is 0 Å². The van der Waals surface area contributed by atoms with E-state index in [2.05, 4.69) is 4.90 Å². The van der Waals surface area contributed by atoms with Crippen LogP contribution in [0.5, 0.6) is 0 Å². The van der Waals surface area contributed by atoms with Crippen molar-refractivity contribution in [2.24, 2.45) is 0 Å². The van der Waals surface area contributed by atoms with Crippen molar-refractivity contribution < 1.29 is 19.1 Å². The molecule has 0 saturated carbocycles. The minimum Gasteiger partial charge on any atom is -0.382 e. The SMILES string of the molecule is O=C(CCCN1CCC(O)(C(=O)c2ccc(Cl)cc2)CC1)c1ccc(F)cc1. The van der Waals surface area contributed by atoms with Gasteiger partial charge in [0.05, 0.1) is 0 Å². The molecular weight excluding hydrogens is 381 g/mol. The average Bonchev–Trinajstić information content (AvgIpc) is 2.70. The van der Waals surface area contributed by atoms with Gasteiger partial charge in [0.25, 0.3) is 0 Å². The predicted octanol–water partition coefficient (Wildman–Crippen LogP) is 4.15. The number of hydrogen-bond acceptors (Lipinski definition) is 4. The molecule has 0 radical (unpaired) electrons. The van der Waals surface area contributed by atoms with Crippen molar-refractivity contribution in [1.82, 2.24) is 4.90 Å². The summed E-state index contributed by atoms with van der Waals surface area (Å²) in [7, 11) is 0. The Balaban J connectivity index is 1.46. The number of ketones is 2. The van der Waals surface area contributed by atoms with Crippen molar-refractivity contribution >= 4 is 23.2 Å². The summed E-state index contributed by atoms with van der Waals surface area (Å²) in [5.74, 6) is -0.632. The Bertz CT molecular complexity index is 828. The summed E-state index contributed by atoms with van der Waals surface area (Å²) in [6.07, 6.45) is 1.79. The van der Waals surface area contributed by atoms with Gasteiger partial charge in [0, 0.05) is 35.7 Å². The van der Waals surface area contributed by atoms with Crippen LogP contribution in [-0.4, -0.2) is 46.8 Å². The molecule has 0 amide bonds. The highest BCUT2D eigenvalue weighted by Gasteiger charge is 2.39. The molecule has 0 bridgehead atoms. The molecule has 0 unspecified atom stereocenters. The van der Waals surface area contributed by atoms with Crippen LogP contribution in [0.25, 0.3) is 0 Å². The third-order valence-electron chi connectivity index (χ3n) is 5.26. The van der Waals surface area contributed by atoms with Gasteiger partial charge in [-0.2, -0.15) is 0 Å². The Morgan fingerprint density at radius 1 is 1.00 bits per heavy atom. The van der Waals surface area contributed by atoms with Gasteiger partial charge in [-0.05, 0) is 74.3 Å². The summed E-state index contributed by atoms with van der Waals surface area (Å²) < 4.78 is 12.9. The molecule has 1 heterocycles. The monoisotopic (exact) mass is 403 g/mol. The van der Waals surface area contributed by atoms with Gasteiger partial charge in [-0.15, -0.1) is 0 Å². The van der Waals surface area contributed by atoms with Crippen LogP contribution < -0.4 is 0 Å². The summed E-state index contributed by atoms with van der Waals surface area (Å²) >= 11 is 5.85. The quantitative estimate of drug-likeness (QED) is 0.705. The van der Waals surface area contributed by atoms with Crippen LogP contribution >= 0.6 is 11.6 Å². The first kappa shape index (κ1) is 20.6. The Kier molecular flexibility index (Phi) is 6.60. The molecule has 148 valence electrons. The third-order valence-corrected chi connectivity index (χ3v) is 5.51. The summed E-state index contributed by atoms with van der Waals surface area (Å²) in [4.78, 5) is 26.9. The lowest BCUT2D eigenvalue weighted by molar-refractivity contribution is -0.00648. The lowest BCUT2D eigenvalue weighted by Gasteiger charge is -2.37. The van der Waals surface area contributed by atoms with Crippen LogP contribution in [0.2, 0.25) is 5.02 Å². The molecule has 1 aliphatic heterocycles. The zero-order valence-electron chi connectivity index (χ0n) is 15.5. The van der Waals surface area contributed by atoms with Crippen molar-refractivity contribution in [2.75, 3.05) is 19.6 Å². The maximum Gasteiger partial charge on any atom is 0.194 e. The van der Waals surface area contributed by atoms with Crippen molar-refractivity contribution in [3.8, 4) is 0 Å². The Hall–Kier alpha value is -2.08. The maximum absolute atomic E-state index is 12.9. The number of carbonyl (C=O) groups excluding carboxylic acids is 2. The summed E-state index contributed by atoms with van der Waals surface area (Å²) in [6, 6.07) is 12.1. The number of likely N-dealkylation sites (tertiary alicyclic amines) is 1. The first-order valence-electron chi connectivity index (χ1n) is 9.41. The fourth-order valence-electron chi connectivity index (χ4n) is 3.49. The van der Waals surface area contributed by atoms with Gasteiger partial charge in [-0.1, -0.05) is 11.6 Å². The molecule has 1 fully saturated rings. The first-order chi connectivity index (χ1) is 13.4. The van der Waals surface area contributed by atoms with Crippen LogP contribution in [-0.2, 0) is 0 Å². The highest BCUT2D eigenvalue weighted by atomic mass is 35.5. The number of rotatable bonds is 7. The van der Waals surface area contributed by atoms with Crippen LogP contribution in [0, 0.1) is 5.82 Å². The molecule has 0 spiro atoms. The average molecular weight is 404 g/mol. The molecule has 4 nitrogen and oxygen atoms in total. The molecule has 2 aromatic rings. The number of carbonyl (C=O) groups is 2. The second-order valence-electron chi connectivity index (χ2n) is 7.24. The molecule has 3 rings (SSSR count). The number of halogens is 2. The number of nitrogens with zero attached hydrogens (tertiary/aromatic N) is 1. The van der Waals surface area contributed by atoms with Crippen LogP contribution in [0.15, 0.2) is 48.5 Å². The number of piperidine rings is 1. The molecular formula is C22H23ClFNO3. The van der Waals surface area contributed by atoms with Crippen molar-refractivity contribution in [3.63, 3.8) is 0 Å². The minimum atomic E-state index is -1.35. The molecule has 6 heteroatoms. The lowest BCUT2D eigenvalue weighted by Crippen LogP contribution is -2.49. The molecule has 0 aliphatic carbocycles. The zero-order valence-corrected chi connectivity index (χ0v) is 16.3. The predicted molar refractivity (Wildman–Crippen MR) is 106 cm³/mol. The smallest absolute Gasteiger partial charge is 0.194 e. The van der Waals surface area contributed by atoms with Crippen LogP contribution in [0.3, 0.4) is 0 Å². The molecule has 28 heavy (non-hydrogen) atoms.